The largest absolute Gasteiger partial charge is 0.493 e. The first-order valence-corrected chi connectivity index (χ1v) is 10.3. The molecule has 156 valence electrons. The zero-order valence-electron chi connectivity index (χ0n) is 16.9. The highest BCUT2D eigenvalue weighted by atomic mass is 32.2. The standard InChI is InChI=1S/C20H24N2O6S/c1-6-12-22(29(24,25)20-14(2)21-28-15(20)3)19(23)9-7-8-16-10-11-17(26-4)18(13-16)27-5/h1,10-11,13H,7-9,12H2,2-5H3. The molecule has 1 aromatic carbocycles. The summed E-state index contributed by atoms with van der Waals surface area (Å²) in [5, 5.41) is 3.65. The van der Waals surface area contributed by atoms with Crippen LogP contribution in [0.25, 0.3) is 0 Å². The summed E-state index contributed by atoms with van der Waals surface area (Å²) in [4.78, 5) is 12.5. The molecule has 0 saturated carbocycles. The maximum absolute atomic E-state index is 12.9. The number of ether oxygens (including phenoxy) is 2. The normalized spacial score (nSPS) is 11.0. The Morgan fingerprint density at radius 3 is 2.48 bits per heavy atom. The van der Waals surface area contributed by atoms with Gasteiger partial charge >= 0.3 is 0 Å². The van der Waals surface area contributed by atoms with Gasteiger partial charge in [0.25, 0.3) is 10.0 Å². The number of benzene rings is 1. The molecular weight excluding hydrogens is 396 g/mol. The van der Waals surface area contributed by atoms with E-state index in [4.69, 9.17) is 20.4 Å². The summed E-state index contributed by atoms with van der Waals surface area (Å²) in [6, 6.07) is 5.47. The first-order valence-electron chi connectivity index (χ1n) is 8.89. The van der Waals surface area contributed by atoms with Gasteiger partial charge in [0.15, 0.2) is 22.2 Å². The van der Waals surface area contributed by atoms with Crippen molar-refractivity contribution in [1.82, 2.24) is 9.46 Å². The van der Waals surface area contributed by atoms with E-state index in [1.54, 1.807) is 20.3 Å². The SMILES string of the molecule is C#CCN(C(=O)CCCc1ccc(OC)c(OC)c1)S(=O)(=O)c1c(C)noc1C. The van der Waals surface area contributed by atoms with E-state index in [2.05, 4.69) is 11.1 Å². The number of aryl methyl sites for hydroxylation is 3. The number of sulfonamides is 1. The van der Waals surface area contributed by atoms with E-state index in [-0.39, 0.29) is 29.3 Å². The summed E-state index contributed by atoms with van der Waals surface area (Å²) < 4.78 is 42.0. The lowest BCUT2D eigenvalue weighted by molar-refractivity contribution is -0.126. The minimum atomic E-state index is -4.15. The van der Waals surface area contributed by atoms with E-state index >= 15 is 0 Å². The number of nitrogens with zero attached hydrogens (tertiary/aromatic N) is 2. The number of carbonyl (C=O) groups excluding carboxylic acids is 1. The molecule has 1 amide bonds. The van der Waals surface area contributed by atoms with Gasteiger partial charge in [0.1, 0.15) is 5.69 Å². The zero-order valence-corrected chi connectivity index (χ0v) is 17.7. The molecule has 0 N–H and O–H groups in total. The second-order valence-electron chi connectivity index (χ2n) is 6.31. The monoisotopic (exact) mass is 420 g/mol. The Hall–Kier alpha value is -2.99. The van der Waals surface area contributed by atoms with Crippen molar-refractivity contribution in [2.45, 2.75) is 38.0 Å². The summed E-state index contributed by atoms with van der Waals surface area (Å²) in [5.74, 6) is 2.97. The molecule has 8 nitrogen and oxygen atoms in total. The Morgan fingerprint density at radius 2 is 1.93 bits per heavy atom. The van der Waals surface area contributed by atoms with Crippen molar-refractivity contribution in [3.63, 3.8) is 0 Å². The highest BCUT2D eigenvalue weighted by Crippen LogP contribution is 2.28. The number of aromatic nitrogens is 1. The van der Waals surface area contributed by atoms with Gasteiger partial charge in [-0.2, -0.15) is 0 Å². The summed E-state index contributed by atoms with van der Waals surface area (Å²) in [5.41, 5.74) is 1.12. The predicted octanol–water partition coefficient (Wildman–Crippen LogP) is 2.48. The first-order chi connectivity index (χ1) is 13.8. The molecule has 0 spiro atoms. The van der Waals surface area contributed by atoms with Crippen molar-refractivity contribution in [2.24, 2.45) is 0 Å². The highest BCUT2D eigenvalue weighted by molar-refractivity contribution is 7.89. The van der Waals surface area contributed by atoms with Gasteiger partial charge < -0.3 is 14.0 Å². The van der Waals surface area contributed by atoms with Gasteiger partial charge in [-0.1, -0.05) is 17.1 Å². The molecular formula is C20H24N2O6S. The Bertz CT molecular complexity index is 1000. The number of rotatable bonds is 9. The van der Waals surface area contributed by atoms with Crippen LogP contribution in [0.2, 0.25) is 0 Å². The molecule has 0 atom stereocenters. The maximum atomic E-state index is 12.9. The first kappa shape index (κ1) is 22.3. The minimum absolute atomic E-state index is 0.0125. The van der Waals surface area contributed by atoms with Gasteiger partial charge in [-0.25, -0.2) is 12.7 Å². The van der Waals surface area contributed by atoms with Crippen molar-refractivity contribution in [1.29, 1.82) is 0 Å². The molecule has 1 heterocycles. The van der Waals surface area contributed by atoms with Crippen LogP contribution in [0, 0.1) is 26.2 Å². The molecule has 0 aliphatic carbocycles. The zero-order chi connectivity index (χ0) is 21.6. The number of carbonyl (C=O) groups is 1. The Labute approximate surface area is 170 Å². The molecule has 0 saturated heterocycles. The van der Waals surface area contributed by atoms with E-state index in [1.807, 2.05) is 12.1 Å². The highest BCUT2D eigenvalue weighted by Gasteiger charge is 2.33. The van der Waals surface area contributed by atoms with E-state index < -0.39 is 15.9 Å². The van der Waals surface area contributed by atoms with E-state index in [9.17, 15) is 13.2 Å². The second kappa shape index (κ2) is 9.47. The molecule has 0 aliphatic rings. The van der Waals surface area contributed by atoms with Crippen molar-refractivity contribution >= 4 is 15.9 Å². The van der Waals surface area contributed by atoms with Crippen LogP contribution < -0.4 is 9.47 Å². The fraction of sp³-hybridized carbons (Fsp3) is 0.400. The lowest BCUT2D eigenvalue weighted by Gasteiger charge is -2.20. The van der Waals surface area contributed by atoms with Gasteiger partial charge in [0, 0.05) is 6.42 Å². The van der Waals surface area contributed by atoms with Crippen molar-refractivity contribution in [2.75, 3.05) is 20.8 Å². The van der Waals surface area contributed by atoms with Crippen LogP contribution in [0.5, 0.6) is 11.5 Å². The molecule has 0 radical (unpaired) electrons. The van der Waals surface area contributed by atoms with Gasteiger partial charge in [-0.05, 0) is 44.4 Å². The molecule has 2 rings (SSSR count). The third-order valence-corrected chi connectivity index (χ3v) is 6.34. The molecule has 9 heteroatoms. The average molecular weight is 420 g/mol. The van der Waals surface area contributed by atoms with Crippen LogP contribution in [-0.4, -0.2) is 44.6 Å². The summed E-state index contributed by atoms with van der Waals surface area (Å²) >= 11 is 0. The van der Waals surface area contributed by atoms with Crippen LogP contribution in [0.4, 0.5) is 0 Å². The molecule has 0 aliphatic heterocycles. The van der Waals surface area contributed by atoms with Gasteiger partial charge in [-0.3, -0.25) is 4.79 Å². The quantitative estimate of drug-likeness (QED) is 0.575. The van der Waals surface area contributed by atoms with E-state index in [0.29, 0.717) is 28.6 Å². The van der Waals surface area contributed by atoms with Gasteiger partial charge in [0.2, 0.25) is 5.91 Å². The molecule has 0 fully saturated rings. The number of terminal acetylenes is 1. The summed E-state index contributed by atoms with van der Waals surface area (Å²) in [6.45, 7) is 2.61. The Balaban J connectivity index is 2.12. The molecule has 29 heavy (non-hydrogen) atoms. The Morgan fingerprint density at radius 1 is 1.24 bits per heavy atom. The van der Waals surface area contributed by atoms with Gasteiger partial charge in [-0.15, -0.1) is 6.42 Å². The Kier molecular flexibility index (Phi) is 7.29. The predicted molar refractivity (Wildman–Crippen MR) is 106 cm³/mol. The maximum Gasteiger partial charge on any atom is 0.272 e. The van der Waals surface area contributed by atoms with Crippen molar-refractivity contribution in [3.05, 3.63) is 35.2 Å². The lowest BCUT2D eigenvalue weighted by Crippen LogP contribution is -2.37. The average Bonchev–Trinajstić information content (AvgIpc) is 3.04. The van der Waals surface area contributed by atoms with E-state index in [1.165, 1.54) is 13.8 Å². The van der Waals surface area contributed by atoms with Crippen molar-refractivity contribution in [3.8, 4) is 23.8 Å². The number of amides is 1. The minimum Gasteiger partial charge on any atom is -0.493 e. The van der Waals surface area contributed by atoms with Crippen LogP contribution in [0.3, 0.4) is 0 Å². The van der Waals surface area contributed by atoms with Crippen LogP contribution in [0.1, 0.15) is 29.9 Å². The van der Waals surface area contributed by atoms with Crippen LogP contribution in [-0.2, 0) is 21.2 Å². The number of hydrogen-bond donors (Lipinski definition) is 0. The van der Waals surface area contributed by atoms with Crippen molar-refractivity contribution < 1.29 is 27.2 Å². The number of methoxy groups -OCH3 is 2. The molecule has 2 aromatic rings. The lowest BCUT2D eigenvalue weighted by atomic mass is 10.1. The van der Waals surface area contributed by atoms with E-state index in [0.717, 1.165) is 5.56 Å². The fourth-order valence-electron chi connectivity index (χ4n) is 2.95. The summed E-state index contributed by atoms with van der Waals surface area (Å²) in [6.07, 6.45) is 6.31. The third kappa shape index (κ3) is 4.90. The third-order valence-electron chi connectivity index (χ3n) is 4.33. The molecule has 1 aromatic heterocycles. The molecule has 0 unspecified atom stereocenters. The second-order valence-corrected chi connectivity index (χ2v) is 8.10. The fourth-order valence-corrected chi connectivity index (χ4v) is 4.58. The number of hydrogen-bond acceptors (Lipinski definition) is 7. The van der Waals surface area contributed by atoms with Crippen LogP contribution >= 0.6 is 0 Å². The topological polar surface area (TPSA) is 98.9 Å². The van der Waals surface area contributed by atoms with Gasteiger partial charge in [0.05, 0.1) is 20.8 Å². The summed E-state index contributed by atoms with van der Waals surface area (Å²) in [7, 11) is -1.05. The van der Waals surface area contributed by atoms with Crippen LogP contribution in [0.15, 0.2) is 27.6 Å². The smallest absolute Gasteiger partial charge is 0.272 e. The molecule has 0 bridgehead atoms.